The number of nitrogens with zero attached hydrogens (tertiary/aromatic N) is 2. The number of hydrogen-bond donors (Lipinski definition) is 6. The maximum absolute atomic E-state index is 16.1. The zero-order valence-corrected chi connectivity index (χ0v) is 51.0. The number of benzene rings is 4. The van der Waals surface area contributed by atoms with E-state index in [0.717, 1.165) is 41.9 Å². The fourth-order valence-corrected chi connectivity index (χ4v) is 12.3. The molecule has 0 aliphatic carbocycles. The summed E-state index contributed by atoms with van der Waals surface area (Å²) in [5, 5.41) is 31.3. The van der Waals surface area contributed by atoms with Crippen molar-refractivity contribution in [3.63, 3.8) is 0 Å². The lowest BCUT2D eigenvalue weighted by molar-refractivity contribution is -0.206. The van der Waals surface area contributed by atoms with Crippen LogP contribution >= 0.6 is 47.4 Å². The van der Waals surface area contributed by atoms with Crippen molar-refractivity contribution in [2.75, 3.05) is 13.2 Å². The van der Waals surface area contributed by atoms with Crippen LogP contribution in [0, 0.1) is 0 Å². The number of aromatic nitrogens is 2. The molecule has 85 heavy (non-hydrogen) atoms. The third kappa shape index (κ3) is 15.5. The number of ether oxygens (including phenoxy) is 4. The van der Waals surface area contributed by atoms with E-state index in [1.165, 1.54) is 26.0 Å². The molecule has 4 heterocycles. The van der Waals surface area contributed by atoms with Crippen molar-refractivity contribution in [3.05, 3.63) is 140 Å². The molecule has 1 amide bonds. The van der Waals surface area contributed by atoms with Gasteiger partial charge in [-0.15, -0.1) is 0 Å². The Morgan fingerprint density at radius 1 is 0.729 bits per heavy atom. The maximum Gasteiger partial charge on any atom is 0.459 e. The first kappa shape index (κ1) is 68.3. The van der Waals surface area contributed by atoms with Gasteiger partial charge in [0.25, 0.3) is 23.2 Å². The molecule has 0 spiro atoms. The molecule has 0 radical (unpaired) electrons. The monoisotopic (exact) mass is 1360 g/mol. The molecule has 2 saturated heterocycles. The lowest BCUT2D eigenvalue weighted by atomic mass is 9.96. The summed E-state index contributed by atoms with van der Waals surface area (Å²) < 4.78 is 135. The van der Waals surface area contributed by atoms with Crippen LogP contribution in [0.15, 0.2) is 128 Å². The van der Waals surface area contributed by atoms with Crippen LogP contribution < -0.4 is 35.8 Å². The molecule has 12 atom stereocenters. The molecule has 4 unspecified atom stereocenters. The minimum absolute atomic E-state index is 0. The van der Waals surface area contributed by atoms with E-state index in [-0.39, 0.29) is 33.7 Å². The van der Waals surface area contributed by atoms with Crippen molar-refractivity contribution in [1.29, 1.82) is 0 Å². The lowest BCUT2D eigenvalue weighted by Crippen LogP contribution is -2.52. The van der Waals surface area contributed by atoms with Gasteiger partial charge in [0.05, 0.1) is 21.2 Å². The normalized spacial score (nSPS) is 26.9. The van der Waals surface area contributed by atoms with Gasteiger partial charge in [0.1, 0.15) is 42.6 Å². The molecule has 23 nitrogen and oxygen atoms in total. The number of halogens is 6. The van der Waals surface area contributed by atoms with E-state index in [0.29, 0.717) is 15.3 Å². The Morgan fingerprint density at radius 2 is 1.22 bits per heavy atom. The molecule has 2 fully saturated rings. The number of carbonyl (C=O) groups excluding carboxylic acids is 3. The number of hydrogen-bond acceptors (Lipinski definition) is 18. The van der Waals surface area contributed by atoms with Crippen molar-refractivity contribution in [1.82, 2.24) is 29.9 Å². The number of aliphatic hydroxyl groups excluding tert-OH is 2. The van der Waals surface area contributed by atoms with Crippen molar-refractivity contribution in [3.8, 4) is 11.5 Å². The summed E-state index contributed by atoms with van der Waals surface area (Å²) in [5.41, 5.74) is -7.69. The van der Waals surface area contributed by atoms with Gasteiger partial charge in [-0.3, -0.25) is 37.8 Å². The summed E-state index contributed by atoms with van der Waals surface area (Å²) in [4.78, 5) is 63.8. The minimum Gasteiger partial charge on any atom is -0.462 e. The lowest BCUT2D eigenvalue weighted by Gasteiger charge is -2.36. The smallest absolute Gasteiger partial charge is 0.459 e. The molecule has 3 aliphatic rings. The summed E-state index contributed by atoms with van der Waals surface area (Å²) in [6.07, 6.45) is -7.91. The number of alkyl halides is 4. The van der Waals surface area contributed by atoms with Gasteiger partial charge in [-0.2, -0.15) is 10.2 Å². The molecule has 31 heteroatoms. The second kappa shape index (κ2) is 26.7. The Hall–Kier alpha value is -5.81. The Labute approximate surface area is 501 Å². The molecule has 0 bridgehead atoms. The van der Waals surface area contributed by atoms with Gasteiger partial charge in [0.2, 0.25) is 0 Å². The molecule has 3 aliphatic heterocycles. The maximum atomic E-state index is 16.1. The van der Waals surface area contributed by atoms with Crippen LogP contribution in [0.25, 0.3) is 21.5 Å². The largest absolute Gasteiger partial charge is 0.462 e. The van der Waals surface area contributed by atoms with Crippen LogP contribution in [0.2, 0.25) is 0 Å². The Bertz CT molecular complexity index is 3580. The van der Waals surface area contributed by atoms with Gasteiger partial charge in [0, 0.05) is 17.8 Å². The van der Waals surface area contributed by atoms with Crippen LogP contribution in [0.4, 0.5) is 17.6 Å². The Kier molecular flexibility index (Phi) is 21.4. The molecule has 0 saturated carbocycles. The summed E-state index contributed by atoms with van der Waals surface area (Å²) in [6.45, 7) is 11.7. The van der Waals surface area contributed by atoms with Crippen molar-refractivity contribution < 1.29 is 88.3 Å². The number of aliphatic hydroxyl groups is 2. The number of H-pyrrole nitrogens is 1. The summed E-state index contributed by atoms with van der Waals surface area (Å²) in [6, 6.07) is 21.2. The molecule has 5 aromatic rings. The van der Waals surface area contributed by atoms with Crippen LogP contribution in [-0.2, 0) is 51.5 Å². The van der Waals surface area contributed by atoms with E-state index < -0.39 is 130 Å². The number of amides is 1. The zero-order chi connectivity index (χ0) is 62.1. The highest BCUT2D eigenvalue weighted by atomic mass is 79.9. The quantitative estimate of drug-likeness (QED) is 0.0240. The van der Waals surface area contributed by atoms with Gasteiger partial charge in [0.15, 0.2) is 36.0 Å². The van der Waals surface area contributed by atoms with E-state index in [1.807, 2.05) is 17.1 Å². The standard InChI is InChI=1S/C27H31BrF2N3O8P.C26H29BrF2N3O9P.CH4/c1-15(2)39-23(35)16(3)32-42(37,41-20-11-10-18-8-6-7-9-19(18)12-20)38-14-27(30)24(36)26(5,29)25(40-27)33-13-21(28)22(34)31-17(33)4;1-14(2)39-21(34)15(3)31-42(37,41-19-11-7-9-16-8-5-6-10-17(16)19)38-13-26(29)22(35)25(4,28)23(40-26)32-12-18(27)20(33)30-24(32)36;/h6-13,15-16,24-25,36H,4,14H2,1-3,5H3,(H,31,34)(H,32,37);5-12,14-15,22-23,35H,13H2,1-4H3,(H,31,37)(H,30,33,36);1H4/t16?,24-,25+,26+,27+,42?;15?,22-,23+,25+,26+,42?;/m00./s1. The Morgan fingerprint density at radius 3 is 1.79 bits per heavy atom. The van der Waals surface area contributed by atoms with Gasteiger partial charge in [-0.05, 0) is 122 Å². The molecule has 1 aromatic heterocycles. The van der Waals surface area contributed by atoms with E-state index >= 15 is 17.6 Å². The topological polar surface area (TPSA) is 294 Å². The van der Waals surface area contributed by atoms with Crippen LogP contribution in [-0.4, -0.2) is 121 Å². The molecular formula is C54H64Br2F4N6O17P2. The first-order valence-electron chi connectivity index (χ1n) is 25.6. The van der Waals surface area contributed by atoms with Crippen molar-refractivity contribution in [2.24, 2.45) is 0 Å². The molecule has 464 valence electrons. The molecule has 4 aromatic carbocycles. The zero-order valence-electron chi connectivity index (χ0n) is 46.1. The second-order valence-corrected chi connectivity index (χ2v) is 25.5. The van der Waals surface area contributed by atoms with Crippen LogP contribution in [0.3, 0.4) is 0 Å². The van der Waals surface area contributed by atoms with Crippen molar-refractivity contribution in [2.45, 2.75) is 135 Å². The van der Waals surface area contributed by atoms with Gasteiger partial charge >= 0.3 is 33.1 Å². The average molecular weight is 1370 g/mol. The summed E-state index contributed by atoms with van der Waals surface area (Å²) in [7, 11) is -9.34. The highest BCUT2D eigenvalue weighted by Gasteiger charge is 2.67. The third-order valence-corrected chi connectivity index (χ3v) is 17.2. The fraction of sp³-hybridized carbons (Fsp3) is 0.426. The van der Waals surface area contributed by atoms with Crippen LogP contribution in [0.1, 0.15) is 69.0 Å². The second-order valence-electron chi connectivity index (χ2n) is 20.4. The number of aromatic amines is 1. The summed E-state index contributed by atoms with van der Waals surface area (Å²) >= 11 is 5.91. The van der Waals surface area contributed by atoms with Gasteiger partial charge in [-0.1, -0.05) is 80.7 Å². The molecule has 6 N–H and O–H groups in total. The molecular weight excluding hydrogens is 1300 g/mol. The predicted molar refractivity (Wildman–Crippen MR) is 310 cm³/mol. The SMILES string of the molecule is C.C=C1NC(=O)C(Br)=CN1[C@@H]1O[C@](F)(COP(=O)(NC(C)C(=O)OC(C)C)Oc2ccc3ccccc3c2)[C@@H](O)[C@@]1(C)F.CC(C)OC(=O)C(C)NP(=O)(OC[C@@]1(F)O[C@@H](n2cc(Br)c(=O)[nH]c2=O)[C@](C)(F)[C@@H]1O)Oc1cccc2ccccc12. The van der Waals surface area contributed by atoms with E-state index in [2.05, 4.69) is 53.9 Å². The first-order valence-corrected chi connectivity index (χ1v) is 30.2. The first-order chi connectivity index (χ1) is 39.1. The third-order valence-electron chi connectivity index (χ3n) is 12.8. The van der Waals surface area contributed by atoms with E-state index in [4.69, 9.17) is 37.0 Å². The number of rotatable bonds is 20. The predicted octanol–water partition coefficient (Wildman–Crippen LogP) is 9.03. The van der Waals surface area contributed by atoms with Crippen LogP contribution in [0.5, 0.6) is 11.5 Å². The molecule has 8 rings (SSSR count). The number of nitrogens with one attached hydrogen (secondary N) is 4. The van der Waals surface area contributed by atoms with Crippen molar-refractivity contribution >= 4 is 86.7 Å². The number of esters is 2. The minimum atomic E-state index is -4.71. The van der Waals surface area contributed by atoms with Gasteiger partial charge < -0.3 is 48.4 Å². The Balaban J connectivity index is 0.000000269. The van der Waals surface area contributed by atoms with Gasteiger partial charge in [-0.25, -0.2) is 31.5 Å². The fourth-order valence-electron chi connectivity index (χ4n) is 8.63. The average Bonchev–Trinajstić information content (AvgIpc) is 1.67. The van der Waals surface area contributed by atoms with E-state index in [9.17, 15) is 43.3 Å². The highest BCUT2D eigenvalue weighted by Crippen LogP contribution is 2.53. The number of fused-ring (bicyclic) bond motifs is 2. The highest BCUT2D eigenvalue weighted by molar-refractivity contribution is 9.12. The van der Waals surface area contributed by atoms with E-state index in [1.54, 1.807) is 88.4 Å². The number of carbonyl (C=O) groups is 3. The summed E-state index contributed by atoms with van der Waals surface area (Å²) in [5.74, 6) is -8.86.